The van der Waals surface area contributed by atoms with Crippen LogP contribution in [0.25, 0.3) is 11.1 Å². The normalized spacial score (nSPS) is 20.3. The lowest BCUT2D eigenvalue weighted by Crippen LogP contribution is -2.44. The summed E-state index contributed by atoms with van der Waals surface area (Å²) in [6.45, 7) is 5.55. The van der Waals surface area contributed by atoms with Crippen LogP contribution in [0.5, 0.6) is 0 Å². The zero-order valence-corrected chi connectivity index (χ0v) is 15.1. The van der Waals surface area contributed by atoms with Crippen molar-refractivity contribution in [1.82, 2.24) is 9.47 Å². The second-order valence-corrected chi connectivity index (χ2v) is 7.14. The number of amides is 1. The van der Waals surface area contributed by atoms with Crippen molar-refractivity contribution in [3.63, 3.8) is 0 Å². The predicted octanol–water partition coefficient (Wildman–Crippen LogP) is 2.03. The van der Waals surface area contributed by atoms with Crippen molar-refractivity contribution in [3.05, 3.63) is 34.8 Å². The molecule has 0 spiro atoms. The number of aryl methyl sites for hydroxylation is 1. The SMILES string of the molecule is C[C@H]1C[C@H](C)CN(C(=O)COC(=O)CCn2c(=O)oc3ccccc32)C1. The number of nitrogens with zero attached hydrogens (tertiary/aromatic N) is 2. The first kappa shape index (κ1) is 18.2. The van der Waals surface area contributed by atoms with Gasteiger partial charge in [0, 0.05) is 19.6 Å². The van der Waals surface area contributed by atoms with Crippen molar-refractivity contribution in [1.29, 1.82) is 0 Å². The van der Waals surface area contributed by atoms with Crippen LogP contribution in [0.4, 0.5) is 0 Å². The fraction of sp³-hybridized carbons (Fsp3) is 0.526. The van der Waals surface area contributed by atoms with Crippen LogP contribution >= 0.6 is 0 Å². The summed E-state index contributed by atoms with van der Waals surface area (Å²) in [6.07, 6.45) is 1.11. The third kappa shape index (κ3) is 4.15. The standard InChI is InChI=1S/C19H24N2O5/c1-13-9-14(2)11-20(10-13)17(22)12-25-18(23)7-8-21-15-5-3-4-6-16(15)26-19(21)24/h3-6,13-14H,7-12H2,1-2H3/t13-,14-/m0/s1. The van der Waals surface area contributed by atoms with Gasteiger partial charge in [-0.3, -0.25) is 14.2 Å². The average Bonchev–Trinajstić information content (AvgIpc) is 2.92. The monoisotopic (exact) mass is 360 g/mol. The molecule has 1 aliphatic heterocycles. The van der Waals surface area contributed by atoms with E-state index in [0.29, 0.717) is 36.0 Å². The van der Waals surface area contributed by atoms with Gasteiger partial charge in [-0.15, -0.1) is 0 Å². The number of hydrogen-bond donors (Lipinski definition) is 0. The number of benzene rings is 1. The molecule has 1 aromatic carbocycles. The molecule has 1 saturated heterocycles. The molecule has 2 aromatic rings. The Morgan fingerprint density at radius 2 is 1.88 bits per heavy atom. The molecule has 0 unspecified atom stereocenters. The van der Waals surface area contributed by atoms with E-state index in [-0.39, 0.29) is 25.5 Å². The van der Waals surface area contributed by atoms with Crippen LogP contribution in [0.3, 0.4) is 0 Å². The van der Waals surface area contributed by atoms with Gasteiger partial charge in [-0.1, -0.05) is 26.0 Å². The van der Waals surface area contributed by atoms with Gasteiger partial charge in [-0.05, 0) is 30.4 Å². The highest BCUT2D eigenvalue weighted by atomic mass is 16.5. The second-order valence-electron chi connectivity index (χ2n) is 7.14. The van der Waals surface area contributed by atoms with Gasteiger partial charge in [0.05, 0.1) is 11.9 Å². The van der Waals surface area contributed by atoms with Crippen molar-refractivity contribution >= 4 is 23.0 Å². The van der Waals surface area contributed by atoms with E-state index in [1.54, 1.807) is 29.2 Å². The Morgan fingerprint density at radius 3 is 2.62 bits per heavy atom. The summed E-state index contributed by atoms with van der Waals surface area (Å²) >= 11 is 0. The smallest absolute Gasteiger partial charge is 0.419 e. The number of carbonyl (C=O) groups is 2. The molecular formula is C19H24N2O5. The first-order valence-corrected chi connectivity index (χ1v) is 8.96. The first-order valence-electron chi connectivity index (χ1n) is 8.96. The summed E-state index contributed by atoms with van der Waals surface area (Å²) in [7, 11) is 0. The van der Waals surface area contributed by atoms with Gasteiger partial charge >= 0.3 is 11.7 Å². The summed E-state index contributed by atoms with van der Waals surface area (Å²) in [5.74, 6) is -0.262. The van der Waals surface area contributed by atoms with E-state index in [4.69, 9.17) is 9.15 Å². The van der Waals surface area contributed by atoms with Crippen molar-refractivity contribution in [2.75, 3.05) is 19.7 Å². The number of oxazole rings is 1. The molecule has 0 aliphatic carbocycles. The molecule has 0 radical (unpaired) electrons. The Bertz CT molecular complexity index is 843. The number of para-hydroxylation sites is 2. The van der Waals surface area contributed by atoms with E-state index in [9.17, 15) is 14.4 Å². The number of fused-ring (bicyclic) bond motifs is 1. The zero-order chi connectivity index (χ0) is 18.7. The molecule has 0 saturated carbocycles. The number of piperidine rings is 1. The molecule has 3 rings (SSSR count). The van der Waals surface area contributed by atoms with Crippen LogP contribution in [-0.2, 0) is 20.9 Å². The first-order chi connectivity index (χ1) is 12.4. The highest BCUT2D eigenvalue weighted by Crippen LogP contribution is 2.21. The number of carbonyl (C=O) groups excluding carboxylic acids is 2. The Morgan fingerprint density at radius 1 is 1.19 bits per heavy atom. The van der Waals surface area contributed by atoms with Crippen LogP contribution in [0.1, 0.15) is 26.7 Å². The number of likely N-dealkylation sites (tertiary alicyclic amines) is 1. The summed E-state index contributed by atoms with van der Waals surface area (Å²) in [5.41, 5.74) is 1.12. The minimum absolute atomic E-state index is 0.00349. The number of esters is 1. The molecular weight excluding hydrogens is 336 g/mol. The van der Waals surface area contributed by atoms with Crippen LogP contribution in [0.15, 0.2) is 33.5 Å². The van der Waals surface area contributed by atoms with Gasteiger partial charge in [0.25, 0.3) is 5.91 Å². The van der Waals surface area contributed by atoms with Crippen LogP contribution in [0.2, 0.25) is 0 Å². The summed E-state index contributed by atoms with van der Waals surface area (Å²) in [5, 5.41) is 0. The lowest BCUT2D eigenvalue weighted by atomic mass is 9.92. The highest BCUT2D eigenvalue weighted by Gasteiger charge is 2.25. The van der Waals surface area contributed by atoms with Crippen molar-refractivity contribution < 1.29 is 18.7 Å². The largest absolute Gasteiger partial charge is 0.456 e. The van der Waals surface area contributed by atoms with E-state index in [1.807, 2.05) is 0 Å². The van der Waals surface area contributed by atoms with Crippen LogP contribution in [-0.4, -0.2) is 41.0 Å². The molecule has 7 nitrogen and oxygen atoms in total. The molecule has 2 heterocycles. The maximum absolute atomic E-state index is 12.2. The lowest BCUT2D eigenvalue weighted by molar-refractivity contribution is -0.153. The number of hydrogen-bond acceptors (Lipinski definition) is 5. The molecule has 1 aliphatic rings. The summed E-state index contributed by atoms with van der Waals surface area (Å²) in [6, 6.07) is 7.03. The summed E-state index contributed by atoms with van der Waals surface area (Å²) in [4.78, 5) is 37.8. The molecule has 1 amide bonds. The van der Waals surface area contributed by atoms with Gasteiger partial charge < -0.3 is 14.1 Å². The van der Waals surface area contributed by atoms with E-state index in [1.165, 1.54) is 4.57 Å². The fourth-order valence-electron chi connectivity index (χ4n) is 3.60. The third-order valence-electron chi connectivity index (χ3n) is 4.69. The van der Waals surface area contributed by atoms with E-state index in [0.717, 1.165) is 6.42 Å². The van der Waals surface area contributed by atoms with E-state index in [2.05, 4.69) is 13.8 Å². The molecule has 0 N–H and O–H groups in total. The van der Waals surface area contributed by atoms with E-state index < -0.39 is 11.7 Å². The van der Waals surface area contributed by atoms with Crippen molar-refractivity contribution in [2.45, 2.75) is 33.2 Å². The van der Waals surface area contributed by atoms with Gasteiger partial charge in [-0.25, -0.2) is 4.79 Å². The van der Waals surface area contributed by atoms with Crippen molar-refractivity contribution in [3.8, 4) is 0 Å². The maximum Gasteiger partial charge on any atom is 0.419 e. The van der Waals surface area contributed by atoms with Crippen LogP contribution < -0.4 is 5.76 Å². The van der Waals surface area contributed by atoms with Gasteiger partial charge in [0.2, 0.25) is 0 Å². The topological polar surface area (TPSA) is 81.8 Å². The second kappa shape index (κ2) is 7.76. The minimum Gasteiger partial charge on any atom is -0.456 e. The number of rotatable bonds is 5. The predicted molar refractivity (Wildman–Crippen MR) is 95.6 cm³/mol. The fourth-order valence-corrected chi connectivity index (χ4v) is 3.60. The molecule has 7 heteroatoms. The number of ether oxygens (including phenoxy) is 1. The van der Waals surface area contributed by atoms with E-state index >= 15 is 0 Å². The molecule has 2 atom stereocenters. The molecule has 0 bridgehead atoms. The Labute approximate surface area is 151 Å². The molecule has 1 fully saturated rings. The molecule has 26 heavy (non-hydrogen) atoms. The molecule has 1 aromatic heterocycles. The Kier molecular flexibility index (Phi) is 5.44. The van der Waals surface area contributed by atoms with Crippen molar-refractivity contribution in [2.24, 2.45) is 11.8 Å². The Balaban J connectivity index is 1.50. The zero-order valence-electron chi connectivity index (χ0n) is 15.1. The minimum atomic E-state index is -0.508. The third-order valence-corrected chi connectivity index (χ3v) is 4.69. The maximum atomic E-state index is 12.2. The average molecular weight is 360 g/mol. The van der Waals surface area contributed by atoms with Crippen LogP contribution in [0, 0.1) is 11.8 Å². The quantitative estimate of drug-likeness (QED) is 0.762. The summed E-state index contributed by atoms with van der Waals surface area (Å²) < 4.78 is 11.6. The molecule has 140 valence electrons. The number of aromatic nitrogens is 1. The van der Waals surface area contributed by atoms with Gasteiger partial charge in [-0.2, -0.15) is 0 Å². The highest BCUT2D eigenvalue weighted by molar-refractivity contribution is 5.81. The Hall–Kier alpha value is -2.57. The van der Waals surface area contributed by atoms with Gasteiger partial charge in [0.15, 0.2) is 12.2 Å². The lowest BCUT2D eigenvalue weighted by Gasteiger charge is -2.34. The van der Waals surface area contributed by atoms with Gasteiger partial charge in [0.1, 0.15) is 0 Å².